The van der Waals surface area contributed by atoms with Crippen LogP contribution in [-0.4, -0.2) is 36.0 Å². The lowest BCUT2D eigenvalue weighted by molar-refractivity contribution is 0.165. The van der Waals surface area contributed by atoms with E-state index in [1.807, 2.05) is 6.07 Å². The molecule has 0 saturated carbocycles. The number of hydrogen-bond acceptors (Lipinski definition) is 5. The molecule has 0 spiro atoms. The molecular formula is C13H19N5OSi. The molecule has 0 amide bonds. The Labute approximate surface area is 119 Å². The van der Waals surface area contributed by atoms with E-state index >= 15 is 0 Å². The largest absolute Gasteiger partial charge is 0.362 e. The van der Waals surface area contributed by atoms with Crippen LogP contribution in [0.4, 0.5) is 5.82 Å². The second kappa shape index (κ2) is 6.03. The highest BCUT2D eigenvalue weighted by molar-refractivity contribution is 6.76. The third-order valence-corrected chi connectivity index (χ3v) is 4.53. The van der Waals surface area contributed by atoms with E-state index in [4.69, 9.17) is 10.00 Å². The molecule has 0 aliphatic heterocycles. The Morgan fingerprint density at radius 1 is 1.45 bits per heavy atom. The fourth-order valence-corrected chi connectivity index (χ4v) is 2.43. The van der Waals surface area contributed by atoms with Crippen molar-refractivity contribution >= 4 is 19.5 Å². The number of anilines is 1. The van der Waals surface area contributed by atoms with E-state index in [-0.39, 0.29) is 0 Å². The Bertz CT molecular complexity index is 626. The van der Waals surface area contributed by atoms with Crippen molar-refractivity contribution in [2.75, 3.05) is 18.7 Å². The topological polar surface area (TPSA) is 75.2 Å². The van der Waals surface area contributed by atoms with Crippen molar-refractivity contribution in [1.82, 2.24) is 14.6 Å². The van der Waals surface area contributed by atoms with Crippen molar-refractivity contribution in [3.8, 4) is 6.07 Å². The molecule has 6 nitrogen and oxygen atoms in total. The van der Waals surface area contributed by atoms with Crippen LogP contribution in [0.3, 0.4) is 0 Å². The van der Waals surface area contributed by atoms with Gasteiger partial charge in [-0.1, -0.05) is 19.6 Å². The minimum absolute atomic E-state index is 0.364. The molecule has 2 rings (SSSR count). The summed E-state index contributed by atoms with van der Waals surface area (Å²) in [5.74, 6) is 0.713. The van der Waals surface area contributed by atoms with Gasteiger partial charge in [0.25, 0.3) is 0 Å². The van der Waals surface area contributed by atoms with E-state index in [1.165, 1.54) is 0 Å². The SMILES string of the molecule is C[Si](C)(C)CCOCNc1cc(C#N)nc2ccnn12. The minimum atomic E-state index is -1.06. The lowest BCUT2D eigenvalue weighted by Gasteiger charge is -2.16. The molecule has 2 heterocycles. The van der Waals surface area contributed by atoms with Gasteiger partial charge in [0.05, 0.1) is 6.20 Å². The quantitative estimate of drug-likeness (QED) is 0.502. The van der Waals surface area contributed by atoms with Crippen molar-refractivity contribution in [3.05, 3.63) is 24.0 Å². The lowest BCUT2D eigenvalue weighted by Crippen LogP contribution is -2.22. The number of nitrogens with zero attached hydrogens (tertiary/aromatic N) is 4. The number of ether oxygens (including phenoxy) is 1. The first-order valence-corrected chi connectivity index (χ1v) is 10.3. The molecule has 1 N–H and O–H groups in total. The summed E-state index contributed by atoms with van der Waals surface area (Å²) in [6.07, 6.45) is 1.65. The number of rotatable bonds is 6. The normalized spacial score (nSPS) is 11.5. The maximum atomic E-state index is 8.96. The van der Waals surface area contributed by atoms with Gasteiger partial charge in [-0.3, -0.25) is 0 Å². The van der Waals surface area contributed by atoms with Gasteiger partial charge in [-0.05, 0) is 6.04 Å². The van der Waals surface area contributed by atoms with Gasteiger partial charge in [0.1, 0.15) is 24.3 Å². The van der Waals surface area contributed by atoms with Gasteiger partial charge in [-0.25, -0.2) is 4.98 Å². The standard InChI is InChI=1S/C13H19N5OSi/c1-20(2,3)7-6-19-10-15-13-8-11(9-14)17-12-4-5-16-18(12)13/h4-5,8,15H,6-7,10H2,1-3H3. The molecule has 0 saturated heterocycles. The number of hydrogen-bond donors (Lipinski definition) is 1. The van der Waals surface area contributed by atoms with Gasteiger partial charge in [0.2, 0.25) is 0 Å². The monoisotopic (exact) mass is 289 g/mol. The first-order chi connectivity index (χ1) is 9.49. The van der Waals surface area contributed by atoms with E-state index in [9.17, 15) is 0 Å². The Morgan fingerprint density at radius 3 is 2.95 bits per heavy atom. The van der Waals surface area contributed by atoms with Gasteiger partial charge in [-0.2, -0.15) is 14.9 Å². The number of aromatic nitrogens is 3. The number of nitriles is 1. The van der Waals surface area contributed by atoms with Crippen LogP contribution in [0.25, 0.3) is 5.65 Å². The van der Waals surface area contributed by atoms with E-state index in [0.717, 1.165) is 12.7 Å². The van der Waals surface area contributed by atoms with Crippen molar-refractivity contribution < 1.29 is 4.74 Å². The average Bonchev–Trinajstić information content (AvgIpc) is 2.84. The summed E-state index contributed by atoms with van der Waals surface area (Å²) in [4.78, 5) is 4.16. The van der Waals surface area contributed by atoms with E-state index in [1.54, 1.807) is 22.8 Å². The second-order valence-corrected chi connectivity index (χ2v) is 11.4. The van der Waals surface area contributed by atoms with Gasteiger partial charge in [-0.15, -0.1) is 0 Å². The zero-order valence-corrected chi connectivity index (χ0v) is 13.1. The van der Waals surface area contributed by atoms with Gasteiger partial charge in [0.15, 0.2) is 5.65 Å². The van der Waals surface area contributed by atoms with Crippen LogP contribution in [0, 0.1) is 11.3 Å². The molecule has 0 fully saturated rings. The third kappa shape index (κ3) is 3.79. The molecule has 0 atom stereocenters. The Balaban J connectivity index is 1.96. The first-order valence-electron chi connectivity index (χ1n) is 6.56. The van der Waals surface area contributed by atoms with Crippen LogP contribution < -0.4 is 5.32 Å². The highest BCUT2D eigenvalue weighted by Crippen LogP contribution is 2.12. The van der Waals surface area contributed by atoms with Crippen molar-refractivity contribution in [1.29, 1.82) is 5.26 Å². The van der Waals surface area contributed by atoms with E-state index in [2.05, 4.69) is 35.0 Å². The highest BCUT2D eigenvalue weighted by atomic mass is 28.3. The predicted octanol–water partition coefficient (Wildman–Crippen LogP) is 2.33. The molecule has 0 radical (unpaired) electrons. The molecule has 7 heteroatoms. The van der Waals surface area contributed by atoms with E-state index in [0.29, 0.717) is 23.9 Å². The smallest absolute Gasteiger partial charge is 0.158 e. The van der Waals surface area contributed by atoms with Crippen LogP contribution in [0.2, 0.25) is 25.7 Å². The summed E-state index contributed by atoms with van der Waals surface area (Å²) < 4.78 is 7.25. The van der Waals surface area contributed by atoms with Crippen LogP contribution >= 0.6 is 0 Å². The summed E-state index contributed by atoms with van der Waals surface area (Å²) in [5, 5.41) is 16.3. The minimum Gasteiger partial charge on any atom is -0.362 e. The molecule has 0 bridgehead atoms. The van der Waals surface area contributed by atoms with Crippen molar-refractivity contribution in [2.24, 2.45) is 0 Å². The molecule has 2 aromatic rings. The van der Waals surface area contributed by atoms with Crippen molar-refractivity contribution in [3.63, 3.8) is 0 Å². The molecule has 20 heavy (non-hydrogen) atoms. The van der Waals surface area contributed by atoms with Crippen LogP contribution in [0.5, 0.6) is 0 Å². The maximum Gasteiger partial charge on any atom is 0.158 e. The molecular weight excluding hydrogens is 270 g/mol. The van der Waals surface area contributed by atoms with E-state index < -0.39 is 8.07 Å². The predicted molar refractivity (Wildman–Crippen MR) is 80.3 cm³/mol. The average molecular weight is 289 g/mol. The van der Waals surface area contributed by atoms with Crippen molar-refractivity contribution in [2.45, 2.75) is 25.7 Å². The summed E-state index contributed by atoms with van der Waals surface area (Å²) in [6, 6.07) is 6.60. The Morgan fingerprint density at radius 2 is 2.25 bits per heavy atom. The zero-order chi connectivity index (χ0) is 14.6. The summed E-state index contributed by atoms with van der Waals surface area (Å²) >= 11 is 0. The zero-order valence-electron chi connectivity index (χ0n) is 12.1. The Hall–Kier alpha value is -1.91. The first kappa shape index (κ1) is 14.5. The lowest BCUT2D eigenvalue weighted by atomic mass is 10.4. The number of fused-ring (bicyclic) bond motifs is 1. The molecule has 0 aromatic carbocycles. The Kier molecular flexibility index (Phi) is 4.37. The molecule has 0 unspecified atom stereocenters. The van der Waals surface area contributed by atoms with Crippen LogP contribution in [-0.2, 0) is 4.74 Å². The van der Waals surface area contributed by atoms with Gasteiger partial charge >= 0.3 is 0 Å². The number of nitrogens with one attached hydrogen (secondary N) is 1. The maximum absolute atomic E-state index is 8.96. The fraction of sp³-hybridized carbons (Fsp3) is 0.462. The molecule has 106 valence electrons. The van der Waals surface area contributed by atoms with Crippen LogP contribution in [0.15, 0.2) is 18.3 Å². The fourth-order valence-electron chi connectivity index (χ4n) is 1.67. The summed E-state index contributed by atoms with van der Waals surface area (Å²) in [7, 11) is -1.06. The second-order valence-electron chi connectivity index (χ2n) is 5.78. The van der Waals surface area contributed by atoms with Crippen LogP contribution in [0.1, 0.15) is 5.69 Å². The van der Waals surface area contributed by atoms with Gasteiger partial charge < -0.3 is 10.1 Å². The summed E-state index contributed by atoms with van der Waals surface area (Å²) in [5.41, 5.74) is 1.01. The third-order valence-electron chi connectivity index (χ3n) is 2.83. The molecule has 0 aliphatic carbocycles. The summed E-state index contributed by atoms with van der Waals surface area (Å²) in [6.45, 7) is 8.10. The van der Waals surface area contributed by atoms with Gasteiger partial charge in [0, 0.05) is 26.8 Å². The molecule has 0 aliphatic rings. The molecule has 2 aromatic heterocycles. The highest BCUT2D eigenvalue weighted by Gasteiger charge is 2.12.